The van der Waals surface area contributed by atoms with Gasteiger partial charge in [-0.15, -0.1) is 0 Å². The highest BCUT2D eigenvalue weighted by Crippen LogP contribution is 2.21. The van der Waals surface area contributed by atoms with Crippen molar-refractivity contribution in [2.24, 2.45) is 4.99 Å². The molecule has 8 heteroatoms. The predicted molar refractivity (Wildman–Crippen MR) is 113 cm³/mol. The van der Waals surface area contributed by atoms with E-state index in [9.17, 15) is 4.39 Å². The van der Waals surface area contributed by atoms with E-state index in [1.165, 1.54) is 6.07 Å². The first-order valence-corrected chi connectivity index (χ1v) is 10.2. The Morgan fingerprint density at radius 2 is 2.21 bits per heavy atom. The molecule has 2 N–H and O–H groups in total. The summed E-state index contributed by atoms with van der Waals surface area (Å²) in [5, 5.41) is 10.8. The van der Waals surface area contributed by atoms with E-state index in [4.69, 9.17) is 4.52 Å². The number of anilines is 1. The van der Waals surface area contributed by atoms with Crippen LogP contribution in [0.2, 0.25) is 0 Å². The van der Waals surface area contributed by atoms with Crippen LogP contribution in [0.4, 0.5) is 10.1 Å². The van der Waals surface area contributed by atoms with E-state index in [1.807, 2.05) is 33.8 Å². The fourth-order valence-corrected chi connectivity index (χ4v) is 3.29. The minimum atomic E-state index is -0.206. The number of hydrogen-bond donors (Lipinski definition) is 2. The van der Waals surface area contributed by atoms with Gasteiger partial charge >= 0.3 is 0 Å². The molecule has 158 valence electrons. The number of benzene rings is 1. The third-order valence-electron chi connectivity index (χ3n) is 4.77. The van der Waals surface area contributed by atoms with Crippen molar-refractivity contribution in [3.8, 4) is 0 Å². The van der Waals surface area contributed by atoms with Gasteiger partial charge in [-0.3, -0.25) is 0 Å². The summed E-state index contributed by atoms with van der Waals surface area (Å²) >= 11 is 0. The second-order valence-electron chi connectivity index (χ2n) is 8.37. The van der Waals surface area contributed by atoms with E-state index in [2.05, 4.69) is 30.7 Å². The van der Waals surface area contributed by atoms with Gasteiger partial charge in [-0.2, -0.15) is 4.98 Å². The quantitative estimate of drug-likeness (QED) is 0.591. The third kappa shape index (κ3) is 5.92. The second-order valence-corrected chi connectivity index (χ2v) is 8.37. The van der Waals surface area contributed by atoms with Crippen LogP contribution in [0.25, 0.3) is 0 Å². The van der Waals surface area contributed by atoms with Crippen molar-refractivity contribution in [1.82, 2.24) is 20.8 Å². The van der Waals surface area contributed by atoms with Gasteiger partial charge in [0.15, 0.2) is 11.8 Å². The van der Waals surface area contributed by atoms with E-state index in [1.54, 1.807) is 12.1 Å². The normalized spacial score (nSPS) is 18.0. The fraction of sp³-hybridized carbons (Fsp3) is 0.571. The molecule has 1 saturated heterocycles. The van der Waals surface area contributed by atoms with Crippen LogP contribution in [0.5, 0.6) is 0 Å². The molecule has 0 radical (unpaired) electrons. The van der Waals surface area contributed by atoms with Crippen LogP contribution in [-0.4, -0.2) is 41.8 Å². The second kappa shape index (κ2) is 9.24. The minimum absolute atomic E-state index is 0.180. The first kappa shape index (κ1) is 21.1. The lowest BCUT2D eigenvalue weighted by molar-refractivity contribution is 0.318. The molecule has 1 aliphatic heterocycles. The Bertz CT molecular complexity index is 829. The lowest BCUT2D eigenvalue weighted by Gasteiger charge is -2.35. The number of guanidine groups is 1. The maximum atomic E-state index is 13.6. The largest absolute Gasteiger partial charge is 0.369 e. The Morgan fingerprint density at radius 3 is 2.90 bits per heavy atom. The van der Waals surface area contributed by atoms with Crippen molar-refractivity contribution in [3.05, 3.63) is 41.8 Å². The zero-order valence-electron chi connectivity index (χ0n) is 17.7. The van der Waals surface area contributed by atoms with Crippen molar-refractivity contribution >= 4 is 11.6 Å². The summed E-state index contributed by atoms with van der Waals surface area (Å²) in [6.07, 6.45) is 2.07. The lowest BCUT2D eigenvalue weighted by atomic mass is 9.97. The van der Waals surface area contributed by atoms with Crippen LogP contribution in [0, 0.1) is 5.82 Å². The van der Waals surface area contributed by atoms with Crippen LogP contribution in [-0.2, 0) is 12.0 Å². The summed E-state index contributed by atoms with van der Waals surface area (Å²) in [5.41, 5.74) is 0.736. The number of aromatic nitrogens is 2. The Morgan fingerprint density at radius 1 is 1.38 bits per heavy atom. The highest BCUT2D eigenvalue weighted by Gasteiger charge is 2.23. The number of halogens is 1. The Kier molecular flexibility index (Phi) is 6.71. The topological polar surface area (TPSA) is 78.6 Å². The first-order valence-electron chi connectivity index (χ1n) is 10.2. The minimum Gasteiger partial charge on any atom is -0.369 e. The van der Waals surface area contributed by atoms with Crippen LogP contribution < -0.4 is 15.5 Å². The fourth-order valence-electron chi connectivity index (χ4n) is 3.29. The maximum absolute atomic E-state index is 13.6. The van der Waals surface area contributed by atoms with Gasteiger partial charge in [0.1, 0.15) is 12.4 Å². The molecule has 0 spiro atoms. The molecule has 3 rings (SSSR count). The number of nitrogens with zero attached hydrogens (tertiary/aromatic N) is 4. The number of rotatable bonds is 5. The standard InChI is InChI=1S/C21H31FN6O/c1-5-23-20(24-13-18-26-19(29-27-18)21(2,3)4)25-16-9-7-11-28(14-16)17-10-6-8-15(22)12-17/h6,8,10,12,16H,5,7,9,11,13-14H2,1-4H3,(H2,23,24,25). The van der Waals surface area contributed by atoms with Crippen LogP contribution in [0.1, 0.15) is 52.3 Å². The molecule has 1 fully saturated rings. The highest BCUT2D eigenvalue weighted by molar-refractivity contribution is 5.80. The van der Waals surface area contributed by atoms with E-state index in [0.29, 0.717) is 18.3 Å². The van der Waals surface area contributed by atoms with Crippen molar-refractivity contribution in [2.75, 3.05) is 24.5 Å². The van der Waals surface area contributed by atoms with Crippen molar-refractivity contribution in [2.45, 2.75) is 58.5 Å². The van der Waals surface area contributed by atoms with E-state index in [-0.39, 0.29) is 17.3 Å². The summed E-state index contributed by atoms with van der Waals surface area (Å²) in [6, 6.07) is 6.99. The zero-order chi connectivity index (χ0) is 20.9. The molecule has 1 aromatic heterocycles. The molecular formula is C21H31FN6O. The Balaban J connectivity index is 1.63. The predicted octanol–water partition coefficient (Wildman–Crippen LogP) is 3.23. The number of nitrogens with one attached hydrogen (secondary N) is 2. The van der Waals surface area contributed by atoms with Crippen molar-refractivity contribution < 1.29 is 8.91 Å². The van der Waals surface area contributed by atoms with Gasteiger partial charge in [-0.1, -0.05) is 32.0 Å². The van der Waals surface area contributed by atoms with Gasteiger partial charge < -0.3 is 20.1 Å². The molecule has 2 aromatic rings. The van der Waals surface area contributed by atoms with Crippen LogP contribution >= 0.6 is 0 Å². The molecule has 1 aromatic carbocycles. The van der Waals surface area contributed by atoms with E-state index < -0.39 is 0 Å². The highest BCUT2D eigenvalue weighted by atomic mass is 19.1. The SMILES string of the molecule is CCNC(=NCc1noc(C(C)(C)C)n1)NC1CCCN(c2cccc(F)c2)C1. The molecule has 2 heterocycles. The Hall–Kier alpha value is -2.64. The van der Waals surface area contributed by atoms with E-state index >= 15 is 0 Å². The summed E-state index contributed by atoms with van der Waals surface area (Å²) in [5.74, 6) is 1.69. The number of piperidine rings is 1. The lowest BCUT2D eigenvalue weighted by Crippen LogP contribution is -2.51. The Labute approximate surface area is 171 Å². The first-order chi connectivity index (χ1) is 13.8. The average molecular weight is 403 g/mol. The van der Waals surface area contributed by atoms with Crippen molar-refractivity contribution in [3.63, 3.8) is 0 Å². The van der Waals surface area contributed by atoms with Gasteiger partial charge in [0.25, 0.3) is 0 Å². The smallest absolute Gasteiger partial charge is 0.232 e. The van der Waals surface area contributed by atoms with Crippen LogP contribution in [0.15, 0.2) is 33.8 Å². The molecule has 0 bridgehead atoms. The molecule has 1 atom stereocenters. The van der Waals surface area contributed by atoms with Gasteiger partial charge in [-0.05, 0) is 38.0 Å². The molecule has 29 heavy (non-hydrogen) atoms. The molecule has 7 nitrogen and oxygen atoms in total. The number of aliphatic imine (C=N–C) groups is 1. The molecule has 1 aliphatic rings. The van der Waals surface area contributed by atoms with Gasteiger partial charge in [0, 0.05) is 36.8 Å². The monoisotopic (exact) mass is 402 g/mol. The van der Waals surface area contributed by atoms with Gasteiger partial charge in [0.2, 0.25) is 5.89 Å². The summed E-state index contributed by atoms with van der Waals surface area (Å²) in [7, 11) is 0. The summed E-state index contributed by atoms with van der Waals surface area (Å²) < 4.78 is 18.9. The molecular weight excluding hydrogens is 371 g/mol. The molecule has 0 saturated carbocycles. The molecule has 0 amide bonds. The third-order valence-corrected chi connectivity index (χ3v) is 4.77. The molecule has 0 aliphatic carbocycles. The maximum Gasteiger partial charge on any atom is 0.232 e. The van der Waals surface area contributed by atoms with Crippen LogP contribution in [0.3, 0.4) is 0 Å². The van der Waals surface area contributed by atoms with Crippen molar-refractivity contribution in [1.29, 1.82) is 0 Å². The zero-order valence-corrected chi connectivity index (χ0v) is 17.7. The summed E-state index contributed by atoms with van der Waals surface area (Å²) in [6.45, 7) is 11.0. The van der Waals surface area contributed by atoms with Gasteiger partial charge in [0.05, 0.1) is 0 Å². The molecule has 1 unspecified atom stereocenters. The average Bonchev–Trinajstić information content (AvgIpc) is 3.16. The number of hydrogen-bond acceptors (Lipinski definition) is 5. The summed E-state index contributed by atoms with van der Waals surface area (Å²) in [4.78, 5) is 11.3. The van der Waals surface area contributed by atoms with E-state index in [0.717, 1.165) is 44.1 Å². The van der Waals surface area contributed by atoms with Gasteiger partial charge in [-0.25, -0.2) is 9.38 Å².